The zero-order valence-electron chi connectivity index (χ0n) is 18.8. The standard InChI is InChI=1S/C24H28FN3O4/c1-24(2,3)32-23(30)28-19-9-7-16(29)12-15(19)13-20(28)18-8-10-21(26-22(18)25)27-11-5-6-17(14-27)31-4/h7-10,12-13,17,29H,5-6,11,14H2,1-4H3/t17-/m0/s1. The molecule has 1 aromatic carbocycles. The molecule has 0 amide bonds. The number of fused-ring (bicyclic) bond motifs is 1. The highest BCUT2D eigenvalue weighted by Crippen LogP contribution is 2.33. The van der Waals surface area contributed by atoms with E-state index in [-0.39, 0.29) is 17.4 Å². The summed E-state index contributed by atoms with van der Waals surface area (Å²) in [6, 6.07) is 9.65. The maximum Gasteiger partial charge on any atom is 0.419 e. The summed E-state index contributed by atoms with van der Waals surface area (Å²) in [6.07, 6.45) is 1.38. The lowest BCUT2D eigenvalue weighted by molar-refractivity contribution is 0.0547. The summed E-state index contributed by atoms with van der Waals surface area (Å²) in [4.78, 5) is 19.2. The van der Waals surface area contributed by atoms with Crippen molar-refractivity contribution < 1.29 is 23.8 Å². The number of hydrogen-bond acceptors (Lipinski definition) is 6. The van der Waals surface area contributed by atoms with Crippen LogP contribution in [0.4, 0.5) is 15.0 Å². The second-order valence-electron chi connectivity index (χ2n) is 9.04. The Morgan fingerprint density at radius 1 is 1.22 bits per heavy atom. The predicted molar refractivity (Wildman–Crippen MR) is 121 cm³/mol. The highest BCUT2D eigenvalue weighted by Gasteiger charge is 2.26. The largest absolute Gasteiger partial charge is 0.508 e. The summed E-state index contributed by atoms with van der Waals surface area (Å²) >= 11 is 0. The second-order valence-corrected chi connectivity index (χ2v) is 9.04. The number of halogens is 1. The van der Waals surface area contributed by atoms with Gasteiger partial charge in [-0.3, -0.25) is 0 Å². The molecule has 1 fully saturated rings. The minimum Gasteiger partial charge on any atom is -0.508 e. The number of carbonyl (C=O) groups is 1. The number of aromatic nitrogens is 2. The lowest BCUT2D eigenvalue weighted by Crippen LogP contribution is -2.39. The van der Waals surface area contributed by atoms with E-state index in [0.717, 1.165) is 19.4 Å². The smallest absolute Gasteiger partial charge is 0.419 e. The van der Waals surface area contributed by atoms with Crippen LogP contribution in [0.2, 0.25) is 0 Å². The number of methoxy groups -OCH3 is 1. The molecule has 7 nitrogen and oxygen atoms in total. The number of anilines is 1. The zero-order chi connectivity index (χ0) is 23.0. The summed E-state index contributed by atoms with van der Waals surface area (Å²) < 4.78 is 27.6. The number of rotatable bonds is 3. The van der Waals surface area contributed by atoms with E-state index in [4.69, 9.17) is 9.47 Å². The Kier molecular flexibility index (Phi) is 5.81. The molecule has 170 valence electrons. The maximum absolute atomic E-state index is 15.3. The first-order valence-corrected chi connectivity index (χ1v) is 10.7. The first-order valence-electron chi connectivity index (χ1n) is 10.7. The Morgan fingerprint density at radius 3 is 2.69 bits per heavy atom. The number of ether oxygens (including phenoxy) is 2. The van der Waals surface area contributed by atoms with Gasteiger partial charge in [0.1, 0.15) is 17.2 Å². The SMILES string of the molecule is CO[C@H]1CCCN(c2ccc(-c3cc4cc(O)ccc4n3C(=O)OC(C)(C)C)c(F)n2)C1. The number of phenolic OH excluding ortho intramolecular Hbond substituents is 1. The lowest BCUT2D eigenvalue weighted by atomic mass is 10.1. The van der Waals surface area contributed by atoms with Gasteiger partial charge in [-0.1, -0.05) is 0 Å². The van der Waals surface area contributed by atoms with Gasteiger partial charge < -0.3 is 19.5 Å². The molecular formula is C24H28FN3O4. The van der Waals surface area contributed by atoms with Gasteiger partial charge in [0.05, 0.1) is 22.9 Å². The van der Waals surface area contributed by atoms with Crippen LogP contribution in [0, 0.1) is 5.95 Å². The molecule has 0 radical (unpaired) electrons. The van der Waals surface area contributed by atoms with Crippen molar-refractivity contribution in [3.8, 4) is 17.0 Å². The Labute approximate surface area is 186 Å². The molecule has 0 spiro atoms. The maximum atomic E-state index is 15.3. The average Bonchev–Trinajstić information content (AvgIpc) is 3.10. The van der Waals surface area contributed by atoms with Crippen LogP contribution in [0.3, 0.4) is 0 Å². The Morgan fingerprint density at radius 2 is 2.00 bits per heavy atom. The molecular weight excluding hydrogens is 413 g/mol. The molecule has 1 aliphatic rings. The highest BCUT2D eigenvalue weighted by molar-refractivity contribution is 5.96. The molecule has 1 N–H and O–H groups in total. The number of piperidine rings is 1. The van der Waals surface area contributed by atoms with Gasteiger partial charge in [0.15, 0.2) is 0 Å². The predicted octanol–water partition coefficient (Wildman–Crippen LogP) is 4.95. The Balaban J connectivity index is 1.77. The Hall–Kier alpha value is -3.13. The van der Waals surface area contributed by atoms with Crippen LogP contribution >= 0.6 is 0 Å². The summed E-state index contributed by atoms with van der Waals surface area (Å²) in [7, 11) is 1.68. The molecule has 2 aromatic heterocycles. The minimum atomic E-state index is -0.728. The van der Waals surface area contributed by atoms with Gasteiger partial charge in [-0.05, 0) is 70.0 Å². The van der Waals surface area contributed by atoms with E-state index >= 15 is 4.39 Å². The van der Waals surface area contributed by atoms with Crippen molar-refractivity contribution in [2.75, 3.05) is 25.1 Å². The fourth-order valence-corrected chi connectivity index (χ4v) is 4.04. The van der Waals surface area contributed by atoms with E-state index in [1.165, 1.54) is 16.7 Å². The van der Waals surface area contributed by atoms with Gasteiger partial charge in [0.2, 0.25) is 5.95 Å². The summed E-state index contributed by atoms with van der Waals surface area (Å²) in [6.45, 7) is 6.74. The third-order valence-electron chi connectivity index (χ3n) is 5.51. The third kappa shape index (κ3) is 4.41. The van der Waals surface area contributed by atoms with Gasteiger partial charge in [0, 0.05) is 25.6 Å². The first kappa shape index (κ1) is 22.1. The quantitative estimate of drug-likeness (QED) is 0.580. The molecule has 32 heavy (non-hydrogen) atoms. The Bertz CT molecular complexity index is 1150. The number of nitrogens with zero attached hydrogens (tertiary/aromatic N) is 3. The number of phenols is 1. The van der Waals surface area contributed by atoms with Crippen LogP contribution in [0.1, 0.15) is 33.6 Å². The van der Waals surface area contributed by atoms with Crippen molar-refractivity contribution >= 4 is 22.8 Å². The van der Waals surface area contributed by atoms with Gasteiger partial charge in [0.25, 0.3) is 0 Å². The monoisotopic (exact) mass is 441 g/mol. The van der Waals surface area contributed by atoms with E-state index in [1.54, 1.807) is 52.1 Å². The molecule has 0 bridgehead atoms. The van der Waals surface area contributed by atoms with Gasteiger partial charge in [-0.25, -0.2) is 14.3 Å². The van der Waals surface area contributed by atoms with Gasteiger partial charge in [-0.2, -0.15) is 4.39 Å². The zero-order valence-corrected chi connectivity index (χ0v) is 18.8. The van der Waals surface area contributed by atoms with Crippen LogP contribution in [0.25, 0.3) is 22.2 Å². The van der Waals surface area contributed by atoms with E-state index in [1.807, 2.05) is 4.90 Å². The van der Waals surface area contributed by atoms with Crippen molar-refractivity contribution in [3.63, 3.8) is 0 Å². The molecule has 3 heterocycles. The highest BCUT2D eigenvalue weighted by atomic mass is 19.1. The second kappa shape index (κ2) is 8.43. The van der Waals surface area contributed by atoms with Crippen LogP contribution in [0.5, 0.6) is 5.75 Å². The molecule has 0 saturated carbocycles. The van der Waals surface area contributed by atoms with Crippen molar-refractivity contribution in [2.24, 2.45) is 0 Å². The van der Waals surface area contributed by atoms with Crippen molar-refractivity contribution in [3.05, 3.63) is 42.3 Å². The number of carbonyl (C=O) groups excluding carboxylic acids is 1. The van der Waals surface area contributed by atoms with Crippen molar-refractivity contribution in [1.82, 2.24) is 9.55 Å². The molecule has 0 unspecified atom stereocenters. The number of aromatic hydroxyl groups is 1. The summed E-state index contributed by atoms with van der Waals surface area (Å²) in [5.74, 6) is -0.0958. The molecule has 3 aromatic rings. The normalized spacial score (nSPS) is 17.0. The van der Waals surface area contributed by atoms with E-state index in [2.05, 4.69) is 4.98 Å². The van der Waals surface area contributed by atoms with Crippen LogP contribution in [0.15, 0.2) is 36.4 Å². The van der Waals surface area contributed by atoms with Crippen LogP contribution in [-0.4, -0.2) is 52.7 Å². The summed E-state index contributed by atoms with van der Waals surface area (Å²) in [5.41, 5.74) is 0.268. The molecule has 1 aliphatic heterocycles. The molecule has 8 heteroatoms. The summed E-state index contributed by atoms with van der Waals surface area (Å²) in [5, 5.41) is 10.5. The molecule has 1 atom stereocenters. The third-order valence-corrected chi connectivity index (χ3v) is 5.51. The van der Waals surface area contributed by atoms with Gasteiger partial charge >= 0.3 is 6.09 Å². The lowest BCUT2D eigenvalue weighted by Gasteiger charge is -2.32. The van der Waals surface area contributed by atoms with Crippen molar-refractivity contribution in [1.29, 1.82) is 0 Å². The average molecular weight is 442 g/mol. The van der Waals surface area contributed by atoms with Crippen molar-refractivity contribution in [2.45, 2.75) is 45.3 Å². The molecule has 0 aliphatic carbocycles. The number of hydrogen-bond donors (Lipinski definition) is 1. The van der Waals surface area contributed by atoms with E-state index in [0.29, 0.717) is 29.0 Å². The van der Waals surface area contributed by atoms with E-state index in [9.17, 15) is 9.90 Å². The molecule has 1 saturated heterocycles. The van der Waals surface area contributed by atoms with Crippen LogP contribution in [-0.2, 0) is 9.47 Å². The minimum absolute atomic E-state index is 0.0529. The number of benzene rings is 1. The first-order chi connectivity index (χ1) is 15.2. The number of pyridine rings is 1. The van der Waals surface area contributed by atoms with Gasteiger partial charge in [-0.15, -0.1) is 0 Å². The fourth-order valence-electron chi connectivity index (χ4n) is 4.04. The fraction of sp³-hybridized carbons (Fsp3) is 0.417. The molecule has 4 rings (SSSR count). The van der Waals surface area contributed by atoms with Crippen LogP contribution < -0.4 is 4.90 Å². The topological polar surface area (TPSA) is 76.8 Å². The van der Waals surface area contributed by atoms with E-state index < -0.39 is 17.6 Å².